The van der Waals surface area contributed by atoms with E-state index in [9.17, 15) is 4.79 Å². The number of likely N-dealkylation sites (tertiary alicyclic amines) is 1. The van der Waals surface area contributed by atoms with E-state index in [4.69, 9.17) is 15.7 Å². The van der Waals surface area contributed by atoms with Crippen LogP contribution >= 0.6 is 0 Å². The van der Waals surface area contributed by atoms with Gasteiger partial charge in [-0.05, 0) is 92.1 Å². The highest BCUT2D eigenvalue weighted by Gasteiger charge is 2.33. The Hall–Kier alpha value is -4.57. The molecule has 0 unspecified atom stereocenters. The number of amides is 1. The molecule has 0 spiro atoms. The van der Waals surface area contributed by atoms with Crippen LogP contribution in [0.1, 0.15) is 55.7 Å². The van der Waals surface area contributed by atoms with Crippen molar-refractivity contribution in [1.29, 1.82) is 0 Å². The Kier molecular flexibility index (Phi) is 6.44. The number of nitrogen functional groups attached to an aromatic ring is 1. The van der Waals surface area contributed by atoms with Crippen LogP contribution in [0.15, 0.2) is 67.1 Å². The third-order valence-corrected chi connectivity index (χ3v) is 9.47. The van der Waals surface area contributed by atoms with Crippen LogP contribution in [0.2, 0.25) is 0 Å². The lowest BCUT2D eigenvalue weighted by Gasteiger charge is -2.37. The fraction of sp³-hybridized carbons (Fsp3) is 0.364. The third-order valence-electron chi connectivity index (χ3n) is 9.47. The topological polar surface area (TPSA) is 120 Å². The molecule has 1 saturated carbocycles. The van der Waals surface area contributed by atoms with Crippen molar-refractivity contribution in [1.82, 2.24) is 39.5 Å². The van der Waals surface area contributed by atoms with Crippen LogP contribution in [0.3, 0.4) is 0 Å². The molecule has 8 rings (SSSR count). The number of imidazole rings is 1. The first-order valence-corrected chi connectivity index (χ1v) is 15.4. The van der Waals surface area contributed by atoms with Gasteiger partial charge in [-0.1, -0.05) is 12.5 Å². The molecule has 5 heterocycles. The van der Waals surface area contributed by atoms with Gasteiger partial charge >= 0.3 is 0 Å². The van der Waals surface area contributed by atoms with Crippen LogP contribution in [0.25, 0.3) is 34.1 Å². The summed E-state index contributed by atoms with van der Waals surface area (Å²) in [6, 6.07) is 17.1. The summed E-state index contributed by atoms with van der Waals surface area (Å²) in [6.45, 7) is 1.74. The number of aryl methyl sites for hydroxylation is 1. The summed E-state index contributed by atoms with van der Waals surface area (Å²) in [5.74, 6) is 2.53. The zero-order chi connectivity index (χ0) is 28.9. The molecule has 1 amide bonds. The smallest absolute Gasteiger partial charge is 0.225 e. The van der Waals surface area contributed by atoms with E-state index in [1.54, 1.807) is 17.1 Å². The van der Waals surface area contributed by atoms with E-state index in [-0.39, 0.29) is 5.92 Å². The normalized spacial score (nSPS) is 19.1. The molecule has 43 heavy (non-hydrogen) atoms. The average molecular weight is 574 g/mol. The Morgan fingerprint density at radius 3 is 2.60 bits per heavy atom. The fourth-order valence-electron chi connectivity index (χ4n) is 6.89. The molecule has 1 atom stereocenters. The number of fused-ring (bicyclic) bond motifs is 2. The predicted molar refractivity (Wildman–Crippen MR) is 165 cm³/mol. The maximum atomic E-state index is 12.7. The van der Waals surface area contributed by atoms with Gasteiger partial charge in [-0.3, -0.25) is 9.36 Å². The van der Waals surface area contributed by atoms with Gasteiger partial charge in [0, 0.05) is 55.4 Å². The molecule has 218 valence electrons. The molecule has 1 aromatic carbocycles. The van der Waals surface area contributed by atoms with Gasteiger partial charge in [0.25, 0.3) is 0 Å². The molecule has 2 fully saturated rings. The average Bonchev–Trinajstić information content (AvgIpc) is 3.76. The standard InChI is InChI=1S/C33H35N9O/c34-30-26(6-2-15-35-30)31-38-28-11-12-29(41-17-3-16-36-41)39-32(28)42(31)24-8-9-25-22(20-24)7-10-27(25)37-23-13-18-40(19-14-23)33(43)21-4-1-5-21/h2-3,6,8-9,11-12,15-17,20-21,23,27,37H,1,4-5,7,10,13-14,18-19H2,(H2,34,35)/t27-/m0/s1. The molecule has 4 aromatic heterocycles. The first kappa shape index (κ1) is 26.1. The van der Waals surface area contributed by atoms with Crippen LogP contribution in [0.4, 0.5) is 5.82 Å². The van der Waals surface area contributed by atoms with Crippen molar-refractivity contribution in [2.75, 3.05) is 18.8 Å². The van der Waals surface area contributed by atoms with Crippen molar-refractivity contribution in [2.45, 2.75) is 57.0 Å². The van der Waals surface area contributed by atoms with E-state index in [1.165, 1.54) is 17.5 Å². The Bertz CT molecular complexity index is 1800. The number of benzene rings is 1. The number of carbonyl (C=O) groups is 1. The lowest BCUT2D eigenvalue weighted by Crippen LogP contribution is -2.48. The summed E-state index contributed by atoms with van der Waals surface area (Å²) in [5, 5.41) is 8.31. The Morgan fingerprint density at radius 1 is 0.953 bits per heavy atom. The minimum Gasteiger partial charge on any atom is -0.383 e. The lowest BCUT2D eigenvalue weighted by atomic mass is 9.84. The largest absolute Gasteiger partial charge is 0.383 e. The van der Waals surface area contributed by atoms with Gasteiger partial charge in [0.15, 0.2) is 17.3 Å². The zero-order valence-electron chi connectivity index (χ0n) is 24.1. The Balaban J connectivity index is 1.09. The SMILES string of the molecule is Nc1ncccc1-c1nc2ccc(-n3cccn3)nc2n1-c1ccc2c(c1)CC[C@@H]2NC1CCN(C(=O)C2CCC2)CC1. The van der Waals surface area contributed by atoms with E-state index in [0.29, 0.717) is 29.6 Å². The second kappa shape index (κ2) is 10.6. The van der Waals surface area contributed by atoms with Crippen LogP contribution < -0.4 is 11.1 Å². The Morgan fingerprint density at radius 2 is 1.84 bits per heavy atom. The van der Waals surface area contributed by atoms with Gasteiger partial charge in [0.2, 0.25) is 5.91 Å². The molecular formula is C33H35N9O. The first-order valence-electron chi connectivity index (χ1n) is 15.4. The molecule has 1 aliphatic heterocycles. The van der Waals surface area contributed by atoms with Crippen molar-refractivity contribution in [3.8, 4) is 22.9 Å². The molecular weight excluding hydrogens is 538 g/mol. The number of nitrogens with one attached hydrogen (secondary N) is 1. The van der Waals surface area contributed by atoms with Gasteiger partial charge in [-0.2, -0.15) is 5.10 Å². The highest BCUT2D eigenvalue weighted by atomic mass is 16.2. The summed E-state index contributed by atoms with van der Waals surface area (Å²) < 4.78 is 3.84. The number of hydrogen-bond acceptors (Lipinski definition) is 7. The van der Waals surface area contributed by atoms with Crippen LogP contribution in [-0.2, 0) is 11.2 Å². The van der Waals surface area contributed by atoms with Gasteiger partial charge < -0.3 is 16.0 Å². The maximum Gasteiger partial charge on any atom is 0.225 e. The van der Waals surface area contributed by atoms with Crippen molar-refractivity contribution >= 4 is 22.9 Å². The number of carbonyl (C=O) groups excluding carboxylic acids is 1. The van der Waals surface area contributed by atoms with E-state index < -0.39 is 0 Å². The number of anilines is 1. The third kappa shape index (κ3) is 4.66. The van der Waals surface area contributed by atoms with Crippen molar-refractivity contribution < 1.29 is 4.79 Å². The minimum absolute atomic E-state index is 0.287. The number of piperidine rings is 1. The monoisotopic (exact) mass is 573 g/mol. The molecule has 10 heteroatoms. The molecule has 1 saturated heterocycles. The molecule has 10 nitrogen and oxygen atoms in total. The number of nitrogens with zero attached hydrogens (tertiary/aromatic N) is 7. The number of hydrogen-bond donors (Lipinski definition) is 2. The van der Waals surface area contributed by atoms with Gasteiger partial charge in [-0.15, -0.1) is 0 Å². The molecule has 0 radical (unpaired) electrons. The highest BCUT2D eigenvalue weighted by Crippen LogP contribution is 2.37. The van der Waals surface area contributed by atoms with Crippen molar-refractivity contribution in [3.05, 3.63) is 78.2 Å². The summed E-state index contributed by atoms with van der Waals surface area (Å²) in [5.41, 5.74) is 12.3. The zero-order valence-corrected chi connectivity index (χ0v) is 24.1. The fourth-order valence-corrected chi connectivity index (χ4v) is 6.89. The van der Waals surface area contributed by atoms with Crippen molar-refractivity contribution in [2.24, 2.45) is 5.92 Å². The molecule has 3 N–H and O–H groups in total. The second-order valence-corrected chi connectivity index (χ2v) is 12.0. The van der Waals surface area contributed by atoms with E-state index in [2.05, 4.69) is 43.1 Å². The Labute approximate surface area is 250 Å². The van der Waals surface area contributed by atoms with Crippen LogP contribution in [0, 0.1) is 5.92 Å². The quantitative estimate of drug-likeness (QED) is 0.304. The number of rotatable bonds is 6. The second-order valence-electron chi connectivity index (χ2n) is 12.0. The molecule has 5 aromatic rings. The first-order chi connectivity index (χ1) is 21.1. The van der Waals surface area contributed by atoms with Crippen LogP contribution in [-0.4, -0.2) is 59.2 Å². The maximum absolute atomic E-state index is 12.7. The van der Waals surface area contributed by atoms with E-state index in [0.717, 1.165) is 79.8 Å². The van der Waals surface area contributed by atoms with Gasteiger partial charge in [0.1, 0.15) is 11.3 Å². The summed E-state index contributed by atoms with van der Waals surface area (Å²) in [4.78, 5) is 29.1. The number of nitrogens with two attached hydrogens (primary N) is 1. The highest BCUT2D eigenvalue weighted by molar-refractivity contribution is 5.83. The lowest BCUT2D eigenvalue weighted by molar-refractivity contribution is -0.139. The molecule has 3 aliphatic rings. The van der Waals surface area contributed by atoms with E-state index in [1.807, 2.05) is 36.5 Å². The number of aromatic nitrogens is 6. The van der Waals surface area contributed by atoms with Crippen molar-refractivity contribution in [3.63, 3.8) is 0 Å². The summed E-state index contributed by atoms with van der Waals surface area (Å²) in [7, 11) is 0. The van der Waals surface area contributed by atoms with Gasteiger partial charge in [-0.25, -0.2) is 19.6 Å². The van der Waals surface area contributed by atoms with Gasteiger partial charge in [0.05, 0.1) is 5.56 Å². The summed E-state index contributed by atoms with van der Waals surface area (Å²) >= 11 is 0. The summed E-state index contributed by atoms with van der Waals surface area (Å²) in [6.07, 6.45) is 12.8. The van der Waals surface area contributed by atoms with E-state index >= 15 is 0 Å². The van der Waals surface area contributed by atoms with Crippen LogP contribution in [0.5, 0.6) is 0 Å². The molecule has 0 bridgehead atoms. The number of pyridine rings is 2. The molecule has 2 aliphatic carbocycles. The predicted octanol–water partition coefficient (Wildman–Crippen LogP) is 4.62. The minimum atomic E-state index is 0.287.